The number of nitrogens with zero attached hydrogens (tertiary/aromatic N) is 3. The third kappa shape index (κ3) is 3.96. The molecule has 0 fully saturated rings. The lowest BCUT2D eigenvalue weighted by molar-refractivity contribution is -0.135. The number of amides is 1. The number of hydrogen-bond donors (Lipinski definition) is 0. The Bertz CT molecular complexity index is 1390. The lowest BCUT2D eigenvalue weighted by Crippen LogP contribution is -2.25. The average molecular weight is 502 g/mol. The predicted molar refractivity (Wildman–Crippen MR) is 131 cm³/mol. The smallest absolute Gasteiger partial charge is 0.244 e. The van der Waals surface area contributed by atoms with Crippen molar-refractivity contribution in [2.45, 2.75) is 13.2 Å². The van der Waals surface area contributed by atoms with Crippen molar-refractivity contribution >= 4 is 38.6 Å². The number of carbonyl (C=O) groups excluding carboxylic acids is 1. The van der Waals surface area contributed by atoms with Crippen LogP contribution in [0.1, 0.15) is 24.3 Å². The van der Waals surface area contributed by atoms with Crippen LogP contribution in [-0.2, 0) is 9.53 Å². The highest BCUT2D eigenvalue weighted by Gasteiger charge is 2.35. The number of rotatable bonds is 4. The molecule has 1 aliphatic heterocycles. The van der Waals surface area contributed by atoms with E-state index in [2.05, 4.69) is 21.0 Å². The summed E-state index contributed by atoms with van der Waals surface area (Å²) in [5.74, 6) is 0.687. The van der Waals surface area contributed by atoms with E-state index in [4.69, 9.17) is 14.5 Å². The van der Waals surface area contributed by atoms with Crippen LogP contribution in [-0.4, -0.2) is 28.9 Å². The van der Waals surface area contributed by atoms with E-state index in [-0.39, 0.29) is 5.91 Å². The van der Waals surface area contributed by atoms with E-state index in [0.29, 0.717) is 17.2 Å². The molecule has 0 radical (unpaired) electrons. The number of carbonyl (C=O) groups is 1. The first-order valence-corrected chi connectivity index (χ1v) is 11.2. The maximum absolute atomic E-state index is 12.6. The summed E-state index contributed by atoms with van der Waals surface area (Å²) in [7, 11) is 1.59. The molecule has 1 atom stereocenters. The van der Waals surface area contributed by atoms with Crippen LogP contribution in [0.25, 0.3) is 22.2 Å². The van der Waals surface area contributed by atoms with Gasteiger partial charge in [-0.1, -0.05) is 64.5 Å². The average Bonchev–Trinajstić information content (AvgIpc) is 3.29. The van der Waals surface area contributed by atoms with Gasteiger partial charge >= 0.3 is 0 Å². The van der Waals surface area contributed by atoms with Gasteiger partial charge < -0.3 is 9.47 Å². The van der Waals surface area contributed by atoms with Crippen molar-refractivity contribution in [1.82, 2.24) is 9.99 Å². The summed E-state index contributed by atoms with van der Waals surface area (Å²) in [5, 5.41) is 6.79. The molecule has 0 saturated heterocycles. The van der Waals surface area contributed by atoms with E-state index in [9.17, 15) is 4.79 Å². The Morgan fingerprint density at radius 3 is 2.55 bits per heavy atom. The van der Waals surface area contributed by atoms with E-state index in [1.807, 2.05) is 78.9 Å². The fourth-order valence-corrected chi connectivity index (χ4v) is 4.25. The summed E-state index contributed by atoms with van der Waals surface area (Å²) in [4.78, 5) is 17.4. The second kappa shape index (κ2) is 8.67. The van der Waals surface area contributed by atoms with Crippen molar-refractivity contribution in [3.05, 3.63) is 94.5 Å². The predicted octanol–water partition coefficient (Wildman–Crippen LogP) is 5.91. The Balaban J connectivity index is 1.65. The zero-order valence-corrected chi connectivity index (χ0v) is 19.6. The maximum atomic E-state index is 12.6. The number of halogens is 1. The molecule has 0 saturated carbocycles. The fourth-order valence-electron chi connectivity index (χ4n) is 3.89. The van der Waals surface area contributed by atoms with E-state index in [1.54, 1.807) is 7.11 Å². The Hall–Kier alpha value is -3.71. The summed E-state index contributed by atoms with van der Waals surface area (Å²) < 4.78 is 12.7. The first kappa shape index (κ1) is 21.2. The van der Waals surface area contributed by atoms with E-state index in [1.165, 1.54) is 11.9 Å². The number of benzene rings is 3. The Kier molecular flexibility index (Phi) is 5.56. The molecule has 1 amide bonds. The van der Waals surface area contributed by atoms with Gasteiger partial charge in [-0.05, 0) is 30.3 Å². The monoisotopic (exact) mass is 501 g/mol. The molecule has 0 bridgehead atoms. The van der Waals surface area contributed by atoms with Crippen LogP contribution in [0.15, 0.2) is 88.4 Å². The third-order valence-corrected chi connectivity index (χ3v) is 5.94. The molecule has 164 valence electrons. The molecule has 2 heterocycles. The van der Waals surface area contributed by atoms with Crippen LogP contribution in [0.2, 0.25) is 0 Å². The third-order valence-electron chi connectivity index (χ3n) is 5.44. The number of hydrazone groups is 1. The molecule has 3 aromatic carbocycles. The molecule has 6 nitrogen and oxygen atoms in total. The van der Waals surface area contributed by atoms with Crippen LogP contribution in [0, 0.1) is 0 Å². The van der Waals surface area contributed by atoms with Crippen molar-refractivity contribution in [3.8, 4) is 17.0 Å². The molecular formula is C26H20BrN3O3. The van der Waals surface area contributed by atoms with Gasteiger partial charge in [-0.3, -0.25) is 4.79 Å². The van der Waals surface area contributed by atoms with Crippen LogP contribution in [0.4, 0.5) is 0 Å². The number of methoxy groups -OCH3 is 1. The van der Waals surface area contributed by atoms with Gasteiger partial charge in [0, 0.05) is 27.9 Å². The number of hydrogen-bond acceptors (Lipinski definition) is 5. The topological polar surface area (TPSA) is 64.0 Å². The van der Waals surface area contributed by atoms with Gasteiger partial charge in [0.05, 0.1) is 23.9 Å². The van der Waals surface area contributed by atoms with Gasteiger partial charge in [0.15, 0.2) is 0 Å². The number of aromatic nitrogens is 1. The molecule has 0 N–H and O–H groups in total. The van der Waals surface area contributed by atoms with Crippen molar-refractivity contribution in [3.63, 3.8) is 0 Å². The van der Waals surface area contributed by atoms with E-state index in [0.717, 1.165) is 32.2 Å². The Labute approximate surface area is 199 Å². The largest absolute Gasteiger partial charge is 0.496 e. The van der Waals surface area contributed by atoms with Gasteiger partial charge in [-0.2, -0.15) is 5.01 Å². The number of fused-ring (bicyclic) bond motifs is 1. The standard InChI is InChI=1S/C26H20BrN3O3/c1-16(31)30-26(33-25(29-30)21-14-18(27)12-13-24(21)32-2)20-15-23(17-8-4-3-5-9-17)28-22-11-7-6-10-19(20)22/h3-15,26H,1-2H3/t26-/m1/s1. The fraction of sp³-hybridized carbons (Fsp3) is 0.115. The van der Waals surface area contributed by atoms with Crippen molar-refractivity contribution in [1.29, 1.82) is 0 Å². The van der Waals surface area contributed by atoms with E-state index >= 15 is 0 Å². The van der Waals surface area contributed by atoms with Crippen molar-refractivity contribution in [2.75, 3.05) is 7.11 Å². The normalized spacial score (nSPS) is 15.3. The molecular weight excluding hydrogens is 482 g/mol. The molecule has 33 heavy (non-hydrogen) atoms. The number of pyridine rings is 1. The van der Waals surface area contributed by atoms with Gasteiger partial charge in [0.2, 0.25) is 18.0 Å². The van der Waals surface area contributed by atoms with Gasteiger partial charge in [-0.15, -0.1) is 5.10 Å². The minimum Gasteiger partial charge on any atom is -0.496 e. The number of para-hydroxylation sites is 1. The van der Waals surface area contributed by atoms with Crippen LogP contribution in [0.5, 0.6) is 5.75 Å². The summed E-state index contributed by atoms with van der Waals surface area (Å²) in [6.07, 6.45) is -0.739. The first-order valence-electron chi connectivity index (χ1n) is 10.4. The van der Waals surface area contributed by atoms with Crippen molar-refractivity contribution < 1.29 is 14.3 Å². The van der Waals surface area contributed by atoms with Crippen molar-refractivity contribution in [2.24, 2.45) is 5.10 Å². The molecule has 0 unspecified atom stereocenters. The first-order chi connectivity index (χ1) is 16.0. The second-order valence-corrected chi connectivity index (χ2v) is 8.48. The zero-order valence-electron chi connectivity index (χ0n) is 18.0. The van der Waals surface area contributed by atoms with Gasteiger partial charge in [0.25, 0.3) is 0 Å². The highest BCUT2D eigenvalue weighted by Crippen LogP contribution is 2.38. The Morgan fingerprint density at radius 1 is 1.03 bits per heavy atom. The van der Waals surface area contributed by atoms with E-state index < -0.39 is 6.23 Å². The highest BCUT2D eigenvalue weighted by molar-refractivity contribution is 9.10. The minimum absolute atomic E-state index is 0.230. The molecule has 0 aliphatic carbocycles. The molecule has 4 aromatic rings. The van der Waals surface area contributed by atoms with Crippen LogP contribution in [0.3, 0.4) is 0 Å². The molecule has 1 aliphatic rings. The van der Waals surface area contributed by atoms with Gasteiger partial charge in [-0.25, -0.2) is 4.98 Å². The molecule has 7 heteroatoms. The van der Waals surface area contributed by atoms with Crippen LogP contribution < -0.4 is 4.74 Å². The summed E-state index contributed by atoms with van der Waals surface area (Å²) in [6.45, 7) is 1.47. The summed E-state index contributed by atoms with van der Waals surface area (Å²) in [5.41, 5.74) is 4.05. The lowest BCUT2D eigenvalue weighted by atomic mass is 10.0. The van der Waals surface area contributed by atoms with Crippen LogP contribution >= 0.6 is 15.9 Å². The summed E-state index contributed by atoms with van der Waals surface area (Å²) in [6, 6.07) is 25.3. The molecule has 1 aromatic heterocycles. The number of ether oxygens (including phenoxy) is 2. The maximum Gasteiger partial charge on any atom is 0.244 e. The second-order valence-electron chi connectivity index (χ2n) is 7.56. The lowest BCUT2D eigenvalue weighted by Gasteiger charge is -2.21. The zero-order chi connectivity index (χ0) is 22.9. The molecule has 0 spiro atoms. The minimum atomic E-state index is -0.739. The highest BCUT2D eigenvalue weighted by atomic mass is 79.9. The van der Waals surface area contributed by atoms with Gasteiger partial charge in [0.1, 0.15) is 5.75 Å². The summed E-state index contributed by atoms with van der Waals surface area (Å²) >= 11 is 3.49. The Morgan fingerprint density at radius 2 is 1.79 bits per heavy atom. The quantitative estimate of drug-likeness (QED) is 0.348. The SMILES string of the molecule is COc1ccc(Br)cc1C1=NN(C(C)=O)[C@@H](c2cc(-c3ccccc3)nc3ccccc23)O1. The molecule has 5 rings (SSSR count).